The third-order valence-corrected chi connectivity index (χ3v) is 4.03. The number of rotatable bonds is 10. The molecule has 0 spiro atoms. The highest BCUT2D eigenvalue weighted by Crippen LogP contribution is 2.40. The molecule has 0 atom stereocenters. The Morgan fingerprint density at radius 2 is 1.67 bits per heavy atom. The van der Waals surface area contributed by atoms with Crippen molar-refractivity contribution in [3.8, 4) is 17.2 Å². The molecule has 1 amide bonds. The summed E-state index contributed by atoms with van der Waals surface area (Å²) < 4.78 is 15.9. The fraction of sp³-hybridized carbons (Fsp3) is 0.400. The fourth-order valence-electron chi connectivity index (χ4n) is 2.63. The maximum atomic E-state index is 12.6. The molecule has 1 heterocycles. The fourth-order valence-corrected chi connectivity index (χ4v) is 2.63. The second kappa shape index (κ2) is 10.3. The summed E-state index contributed by atoms with van der Waals surface area (Å²) in [6, 6.07) is 5.14. The average Bonchev–Trinajstić information content (AvgIpc) is 2.70. The molecule has 0 aliphatic rings. The SMILES string of the molecule is CCCCCNc1cncc(C(=O)Nc2cc(OC)c(OC)c(OC)c2)c1. The zero-order valence-corrected chi connectivity index (χ0v) is 16.3. The maximum Gasteiger partial charge on any atom is 0.257 e. The number of nitrogens with zero attached hydrogens (tertiary/aromatic N) is 1. The predicted octanol–water partition coefficient (Wildman–Crippen LogP) is 3.96. The summed E-state index contributed by atoms with van der Waals surface area (Å²) in [5, 5.41) is 6.13. The monoisotopic (exact) mass is 373 g/mol. The van der Waals surface area contributed by atoms with Crippen LogP contribution in [0.5, 0.6) is 17.2 Å². The van der Waals surface area contributed by atoms with Gasteiger partial charge in [0.2, 0.25) is 5.75 Å². The highest BCUT2D eigenvalue weighted by Gasteiger charge is 2.15. The highest BCUT2D eigenvalue weighted by atomic mass is 16.5. The number of unbranched alkanes of at least 4 members (excludes halogenated alkanes) is 2. The van der Waals surface area contributed by atoms with Crippen LogP contribution < -0.4 is 24.8 Å². The molecular weight excluding hydrogens is 346 g/mol. The van der Waals surface area contributed by atoms with Gasteiger partial charge < -0.3 is 24.8 Å². The Balaban J connectivity index is 2.13. The number of pyridine rings is 1. The van der Waals surface area contributed by atoms with Gasteiger partial charge in [-0.2, -0.15) is 0 Å². The summed E-state index contributed by atoms with van der Waals surface area (Å²) >= 11 is 0. The highest BCUT2D eigenvalue weighted by molar-refractivity contribution is 6.04. The molecule has 0 saturated heterocycles. The van der Waals surface area contributed by atoms with Crippen molar-refractivity contribution in [1.29, 1.82) is 0 Å². The van der Waals surface area contributed by atoms with E-state index in [2.05, 4.69) is 22.5 Å². The molecule has 0 bridgehead atoms. The lowest BCUT2D eigenvalue weighted by molar-refractivity contribution is 0.102. The van der Waals surface area contributed by atoms with Crippen LogP contribution in [0.25, 0.3) is 0 Å². The molecule has 2 N–H and O–H groups in total. The van der Waals surface area contributed by atoms with E-state index in [1.165, 1.54) is 33.9 Å². The van der Waals surface area contributed by atoms with E-state index in [1.807, 2.05) is 0 Å². The van der Waals surface area contributed by atoms with Gasteiger partial charge in [-0.05, 0) is 12.5 Å². The molecule has 0 unspecified atom stereocenters. The number of carbonyl (C=O) groups excluding carboxylic acids is 1. The van der Waals surface area contributed by atoms with Gasteiger partial charge in [-0.15, -0.1) is 0 Å². The Labute approximate surface area is 160 Å². The molecular formula is C20H27N3O4. The van der Waals surface area contributed by atoms with Crippen LogP contribution in [-0.2, 0) is 0 Å². The van der Waals surface area contributed by atoms with E-state index in [-0.39, 0.29) is 5.91 Å². The van der Waals surface area contributed by atoms with Crippen molar-refractivity contribution >= 4 is 17.3 Å². The number of benzene rings is 1. The van der Waals surface area contributed by atoms with Gasteiger partial charge in [-0.3, -0.25) is 9.78 Å². The summed E-state index contributed by atoms with van der Waals surface area (Å²) in [5.74, 6) is 1.14. The third kappa shape index (κ3) is 5.51. The van der Waals surface area contributed by atoms with Crippen molar-refractivity contribution in [2.75, 3.05) is 38.5 Å². The molecule has 0 fully saturated rings. The van der Waals surface area contributed by atoms with E-state index in [1.54, 1.807) is 24.4 Å². The minimum absolute atomic E-state index is 0.269. The van der Waals surface area contributed by atoms with Gasteiger partial charge in [0, 0.05) is 36.8 Å². The summed E-state index contributed by atoms with van der Waals surface area (Å²) in [7, 11) is 4.59. The van der Waals surface area contributed by atoms with E-state index in [0.717, 1.165) is 25.1 Å². The minimum Gasteiger partial charge on any atom is -0.493 e. The van der Waals surface area contributed by atoms with Gasteiger partial charge in [-0.1, -0.05) is 19.8 Å². The van der Waals surface area contributed by atoms with Crippen molar-refractivity contribution in [1.82, 2.24) is 4.98 Å². The van der Waals surface area contributed by atoms with Gasteiger partial charge in [0.25, 0.3) is 5.91 Å². The smallest absolute Gasteiger partial charge is 0.257 e. The van der Waals surface area contributed by atoms with Gasteiger partial charge in [-0.25, -0.2) is 0 Å². The number of amides is 1. The van der Waals surface area contributed by atoms with E-state index < -0.39 is 0 Å². The number of nitrogens with one attached hydrogen (secondary N) is 2. The Morgan fingerprint density at radius 3 is 2.26 bits per heavy atom. The standard InChI is InChI=1S/C20H27N3O4/c1-5-6-7-8-22-16-9-14(12-21-13-16)20(24)23-15-10-17(25-2)19(27-4)18(11-15)26-3/h9-13,22H,5-8H2,1-4H3,(H,23,24). The van der Waals surface area contributed by atoms with E-state index in [0.29, 0.717) is 28.5 Å². The predicted molar refractivity (Wildman–Crippen MR) is 106 cm³/mol. The van der Waals surface area contributed by atoms with Crippen LogP contribution in [0, 0.1) is 0 Å². The summed E-state index contributed by atoms with van der Waals surface area (Å²) in [6.07, 6.45) is 6.66. The lowest BCUT2D eigenvalue weighted by Crippen LogP contribution is -2.13. The molecule has 146 valence electrons. The molecule has 2 aromatic rings. The molecule has 7 nitrogen and oxygen atoms in total. The molecule has 2 rings (SSSR count). The van der Waals surface area contributed by atoms with Gasteiger partial charge in [0.15, 0.2) is 11.5 Å². The second-order valence-electron chi connectivity index (χ2n) is 5.96. The van der Waals surface area contributed by atoms with Crippen LogP contribution in [0.1, 0.15) is 36.5 Å². The van der Waals surface area contributed by atoms with Crippen molar-refractivity contribution in [2.45, 2.75) is 26.2 Å². The Kier molecular flexibility index (Phi) is 7.73. The van der Waals surface area contributed by atoms with Crippen LogP contribution in [0.15, 0.2) is 30.6 Å². The number of hydrogen-bond donors (Lipinski definition) is 2. The summed E-state index contributed by atoms with van der Waals surface area (Å²) in [6.45, 7) is 3.02. The molecule has 0 aliphatic heterocycles. The summed E-state index contributed by atoms with van der Waals surface area (Å²) in [5.41, 5.74) is 1.82. The molecule has 0 saturated carbocycles. The Hall–Kier alpha value is -2.96. The Morgan fingerprint density at radius 1 is 0.963 bits per heavy atom. The molecule has 27 heavy (non-hydrogen) atoms. The molecule has 1 aromatic heterocycles. The van der Waals surface area contributed by atoms with Crippen molar-refractivity contribution < 1.29 is 19.0 Å². The number of ether oxygens (including phenoxy) is 3. The van der Waals surface area contributed by atoms with Crippen LogP contribution in [-0.4, -0.2) is 38.8 Å². The number of methoxy groups -OCH3 is 3. The van der Waals surface area contributed by atoms with Crippen LogP contribution in [0.3, 0.4) is 0 Å². The topological polar surface area (TPSA) is 81.7 Å². The first kappa shape index (κ1) is 20.4. The zero-order chi connectivity index (χ0) is 19.6. The number of aromatic nitrogens is 1. The van der Waals surface area contributed by atoms with Crippen molar-refractivity contribution in [2.24, 2.45) is 0 Å². The second-order valence-corrected chi connectivity index (χ2v) is 5.96. The van der Waals surface area contributed by atoms with Gasteiger partial charge in [0.05, 0.1) is 32.6 Å². The van der Waals surface area contributed by atoms with Gasteiger partial charge >= 0.3 is 0 Å². The lowest BCUT2D eigenvalue weighted by Gasteiger charge is -2.14. The minimum atomic E-state index is -0.269. The maximum absolute atomic E-state index is 12.6. The van der Waals surface area contributed by atoms with Crippen molar-refractivity contribution in [3.63, 3.8) is 0 Å². The van der Waals surface area contributed by atoms with Crippen molar-refractivity contribution in [3.05, 3.63) is 36.2 Å². The molecule has 0 aliphatic carbocycles. The van der Waals surface area contributed by atoms with E-state index in [9.17, 15) is 4.79 Å². The first-order chi connectivity index (χ1) is 13.1. The molecule has 0 radical (unpaired) electrons. The molecule has 7 heteroatoms. The first-order valence-corrected chi connectivity index (χ1v) is 8.93. The van der Waals surface area contributed by atoms with Crippen LogP contribution in [0.4, 0.5) is 11.4 Å². The lowest BCUT2D eigenvalue weighted by atomic mass is 10.2. The molecule has 1 aromatic carbocycles. The first-order valence-electron chi connectivity index (χ1n) is 8.93. The third-order valence-electron chi connectivity index (χ3n) is 4.03. The zero-order valence-electron chi connectivity index (χ0n) is 16.3. The number of carbonyl (C=O) groups is 1. The summed E-state index contributed by atoms with van der Waals surface area (Å²) in [4.78, 5) is 16.8. The van der Waals surface area contributed by atoms with Crippen LogP contribution in [0.2, 0.25) is 0 Å². The van der Waals surface area contributed by atoms with E-state index >= 15 is 0 Å². The number of anilines is 2. The van der Waals surface area contributed by atoms with Crippen LogP contribution >= 0.6 is 0 Å². The Bertz CT molecular complexity index is 740. The van der Waals surface area contributed by atoms with Gasteiger partial charge in [0.1, 0.15) is 0 Å². The largest absolute Gasteiger partial charge is 0.493 e. The average molecular weight is 373 g/mol. The van der Waals surface area contributed by atoms with E-state index in [4.69, 9.17) is 14.2 Å². The quantitative estimate of drug-likeness (QED) is 0.614. The normalized spacial score (nSPS) is 10.2. The number of hydrogen-bond acceptors (Lipinski definition) is 6.